The lowest BCUT2D eigenvalue weighted by Gasteiger charge is -2.19. The molecule has 0 fully saturated rings. The molecule has 2 rings (SSSR count). The summed E-state index contributed by atoms with van der Waals surface area (Å²) in [6.45, 7) is 0. The molecule has 1 unspecified atom stereocenters. The maximum atomic E-state index is 9.82. The van der Waals surface area contributed by atoms with Crippen LogP contribution in [0.25, 0.3) is 10.8 Å². The van der Waals surface area contributed by atoms with Crippen LogP contribution in [0.5, 0.6) is 0 Å². The minimum Gasteiger partial charge on any atom is -0.384 e. The van der Waals surface area contributed by atoms with Crippen molar-refractivity contribution >= 4 is 45.6 Å². The third kappa shape index (κ3) is 2.44. The van der Waals surface area contributed by atoms with Crippen LogP contribution in [0.1, 0.15) is 11.7 Å². The van der Waals surface area contributed by atoms with Crippen LogP contribution < -0.4 is 0 Å². The summed E-state index contributed by atoms with van der Waals surface area (Å²) >= 11 is 17.0. The van der Waals surface area contributed by atoms with Gasteiger partial charge in [-0.15, -0.1) is 0 Å². The van der Waals surface area contributed by atoms with Gasteiger partial charge in [-0.2, -0.15) is 0 Å². The third-order valence-corrected chi connectivity index (χ3v) is 3.02. The number of rotatable bonds is 1. The van der Waals surface area contributed by atoms with E-state index in [4.69, 9.17) is 34.8 Å². The highest BCUT2D eigenvalue weighted by atomic mass is 35.6. The lowest BCUT2D eigenvalue weighted by Crippen LogP contribution is -2.16. The largest absolute Gasteiger partial charge is 0.384 e. The zero-order valence-corrected chi connectivity index (χ0v) is 10.5. The van der Waals surface area contributed by atoms with E-state index in [1.54, 1.807) is 6.07 Å². The van der Waals surface area contributed by atoms with Gasteiger partial charge in [-0.05, 0) is 22.4 Å². The van der Waals surface area contributed by atoms with Crippen LogP contribution >= 0.6 is 34.8 Å². The van der Waals surface area contributed by atoms with Gasteiger partial charge >= 0.3 is 0 Å². The normalized spacial score (nSPS) is 14.0. The number of hydrogen-bond acceptors (Lipinski definition) is 1. The Labute approximate surface area is 109 Å². The van der Waals surface area contributed by atoms with Crippen LogP contribution in [0.3, 0.4) is 0 Å². The molecule has 0 aromatic heterocycles. The topological polar surface area (TPSA) is 20.2 Å². The minimum absolute atomic E-state index is 0.596. The van der Waals surface area contributed by atoms with E-state index < -0.39 is 9.90 Å². The Morgan fingerprint density at radius 1 is 0.938 bits per heavy atom. The summed E-state index contributed by atoms with van der Waals surface area (Å²) in [6.07, 6.45) is -1.12. The van der Waals surface area contributed by atoms with E-state index in [1.807, 2.05) is 36.4 Å². The van der Waals surface area contributed by atoms with Crippen molar-refractivity contribution in [2.45, 2.75) is 9.90 Å². The first kappa shape index (κ1) is 12.0. The molecule has 1 nitrogen and oxygen atoms in total. The number of benzene rings is 2. The molecule has 0 radical (unpaired) electrons. The fourth-order valence-corrected chi connectivity index (χ4v) is 1.94. The molecule has 0 aliphatic heterocycles. The standard InChI is InChI=1S/C12H9Cl3O/c13-12(14,15)11(16)10-6-5-8-3-1-2-4-9(8)7-10/h1-7,11,16H. The Balaban J connectivity index is 2.47. The average Bonchev–Trinajstić information content (AvgIpc) is 2.26. The summed E-state index contributed by atoms with van der Waals surface area (Å²) in [4.78, 5) is 0. The quantitative estimate of drug-likeness (QED) is 0.772. The maximum Gasteiger partial charge on any atom is 0.220 e. The molecule has 0 saturated carbocycles. The Kier molecular flexibility index (Phi) is 3.32. The van der Waals surface area contributed by atoms with E-state index in [0.29, 0.717) is 5.56 Å². The second-order valence-electron chi connectivity index (χ2n) is 3.55. The van der Waals surface area contributed by atoms with E-state index in [0.717, 1.165) is 10.8 Å². The summed E-state index contributed by atoms with van der Waals surface area (Å²) in [5, 5.41) is 11.9. The van der Waals surface area contributed by atoms with Crippen molar-refractivity contribution in [1.29, 1.82) is 0 Å². The second-order valence-corrected chi connectivity index (χ2v) is 5.92. The molecule has 0 heterocycles. The Bertz CT molecular complexity index is 505. The zero-order chi connectivity index (χ0) is 11.8. The monoisotopic (exact) mass is 274 g/mol. The molecule has 0 saturated heterocycles. The minimum atomic E-state index is -1.71. The second kappa shape index (κ2) is 4.42. The van der Waals surface area contributed by atoms with E-state index in [9.17, 15) is 5.11 Å². The van der Waals surface area contributed by atoms with Gasteiger partial charge in [-0.1, -0.05) is 71.2 Å². The number of halogens is 3. The lowest BCUT2D eigenvalue weighted by molar-refractivity contribution is 0.182. The van der Waals surface area contributed by atoms with E-state index in [-0.39, 0.29) is 0 Å². The fourth-order valence-electron chi connectivity index (χ4n) is 1.57. The Morgan fingerprint density at radius 3 is 2.19 bits per heavy atom. The van der Waals surface area contributed by atoms with E-state index in [2.05, 4.69) is 0 Å². The van der Waals surface area contributed by atoms with Crippen molar-refractivity contribution in [3.63, 3.8) is 0 Å². The van der Waals surface area contributed by atoms with Crippen molar-refractivity contribution in [3.05, 3.63) is 48.0 Å². The highest BCUT2D eigenvalue weighted by Gasteiger charge is 2.32. The van der Waals surface area contributed by atoms with Gasteiger partial charge in [-0.25, -0.2) is 0 Å². The fraction of sp³-hybridized carbons (Fsp3) is 0.167. The van der Waals surface area contributed by atoms with Crippen molar-refractivity contribution in [3.8, 4) is 0 Å². The average molecular weight is 276 g/mol. The number of hydrogen-bond donors (Lipinski definition) is 1. The molecular weight excluding hydrogens is 266 g/mol. The van der Waals surface area contributed by atoms with Gasteiger partial charge in [0.05, 0.1) is 0 Å². The maximum absolute atomic E-state index is 9.82. The van der Waals surface area contributed by atoms with Gasteiger partial charge in [-0.3, -0.25) is 0 Å². The molecule has 2 aromatic rings. The number of alkyl halides is 3. The molecule has 4 heteroatoms. The SMILES string of the molecule is OC(c1ccc2ccccc2c1)C(Cl)(Cl)Cl. The van der Waals surface area contributed by atoms with Crippen LogP contribution in [-0.2, 0) is 0 Å². The van der Waals surface area contributed by atoms with Crippen molar-refractivity contribution in [2.75, 3.05) is 0 Å². The predicted molar refractivity (Wildman–Crippen MR) is 69.2 cm³/mol. The molecule has 0 aliphatic rings. The Morgan fingerprint density at radius 2 is 1.56 bits per heavy atom. The third-order valence-electron chi connectivity index (χ3n) is 2.40. The van der Waals surface area contributed by atoms with Gasteiger partial charge in [0.15, 0.2) is 0 Å². The lowest BCUT2D eigenvalue weighted by atomic mass is 10.0. The first-order valence-corrected chi connectivity index (χ1v) is 5.85. The smallest absolute Gasteiger partial charge is 0.220 e. The highest BCUT2D eigenvalue weighted by Crippen LogP contribution is 2.40. The summed E-state index contributed by atoms with van der Waals surface area (Å²) in [7, 11) is 0. The van der Waals surface area contributed by atoms with Crippen molar-refractivity contribution in [2.24, 2.45) is 0 Å². The summed E-state index contributed by atoms with van der Waals surface area (Å²) in [5.74, 6) is 0. The van der Waals surface area contributed by atoms with Crippen molar-refractivity contribution in [1.82, 2.24) is 0 Å². The molecule has 0 bridgehead atoms. The highest BCUT2D eigenvalue weighted by molar-refractivity contribution is 6.68. The summed E-state index contributed by atoms with van der Waals surface area (Å²) in [6, 6.07) is 13.3. The number of fused-ring (bicyclic) bond motifs is 1. The van der Waals surface area contributed by atoms with E-state index in [1.165, 1.54) is 0 Å². The molecule has 0 amide bonds. The van der Waals surface area contributed by atoms with Gasteiger partial charge in [0.1, 0.15) is 6.10 Å². The Hall–Kier alpha value is -0.470. The van der Waals surface area contributed by atoms with Crippen LogP contribution in [0.15, 0.2) is 42.5 Å². The summed E-state index contributed by atoms with van der Waals surface area (Å²) < 4.78 is -1.71. The molecule has 1 N–H and O–H groups in total. The number of aliphatic hydroxyl groups excluding tert-OH is 1. The van der Waals surface area contributed by atoms with Gasteiger partial charge < -0.3 is 5.11 Å². The van der Waals surface area contributed by atoms with Crippen molar-refractivity contribution < 1.29 is 5.11 Å². The molecule has 16 heavy (non-hydrogen) atoms. The first-order valence-electron chi connectivity index (χ1n) is 4.72. The van der Waals surface area contributed by atoms with Crippen LogP contribution in [0, 0.1) is 0 Å². The summed E-state index contributed by atoms with van der Waals surface area (Å²) in [5.41, 5.74) is 0.596. The molecule has 1 atom stereocenters. The molecule has 84 valence electrons. The molecule has 2 aromatic carbocycles. The van der Waals surface area contributed by atoms with Gasteiger partial charge in [0.25, 0.3) is 0 Å². The van der Waals surface area contributed by atoms with Crippen LogP contribution in [0.2, 0.25) is 0 Å². The van der Waals surface area contributed by atoms with E-state index >= 15 is 0 Å². The zero-order valence-electron chi connectivity index (χ0n) is 8.20. The van der Waals surface area contributed by atoms with Crippen LogP contribution in [-0.4, -0.2) is 8.90 Å². The molecular formula is C12H9Cl3O. The van der Waals surface area contributed by atoms with Crippen LogP contribution in [0.4, 0.5) is 0 Å². The van der Waals surface area contributed by atoms with Gasteiger partial charge in [0.2, 0.25) is 3.79 Å². The molecule has 0 spiro atoms. The first-order chi connectivity index (χ1) is 7.48. The van der Waals surface area contributed by atoms with Gasteiger partial charge in [0, 0.05) is 0 Å². The predicted octanol–water partition coefficient (Wildman–Crippen LogP) is 4.24. The molecule has 0 aliphatic carbocycles. The number of aliphatic hydroxyl groups is 1.